The molecule has 0 radical (unpaired) electrons. The smallest absolute Gasteiger partial charge is 0.146 e. The van der Waals surface area contributed by atoms with Crippen molar-refractivity contribution in [3.63, 3.8) is 0 Å². The molecule has 1 N–H and O–H groups in total. The van der Waals surface area contributed by atoms with Crippen LogP contribution in [0.2, 0.25) is 0 Å². The van der Waals surface area contributed by atoms with Crippen molar-refractivity contribution in [1.29, 1.82) is 0 Å². The Balaban J connectivity index is 2.50. The van der Waals surface area contributed by atoms with E-state index in [1.165, 1.54) is 0 Å². The van der Waals surface area contributed by atoms with Crippen molar-refractivity contribution >= 4 is 5.69 Å². The van der Waals surface area contributed by atoms with E-state index in [1.807, 2.05) is 6.92 Å². The largest absolute Gasteiger partial charge is 0.381 e. The molecule has 8 heavy (non-hydrogen) atoms. The van der Waals surface area contributed by atoms with Gasteiger partial charge in [0.2, 0.25) is 0 Å². The number of anilines is 1. The average molecular weight is 112 g/mol. The van der Waals surface area contributed by atoms with Crippen molar-refractivity contribution in [2.24, 2.45) is 0 Å². The Labute approximate surface area is 47.7 Å². The van der Waals surface area contributed by atoms with E-state index in [0.717, 1.165) is 12.2 Å². The monoisotopic (exact) mass is 112 g/mol. The summed E-state index contributed by atoms with van der Waals surface area (Å²) in [6.07, 6.45) is 3.22. The fourth-order valence-corrected chi connectivity index (χ4v) is 0.496. The van der Waals surface area contributed by atoms with E-state index in [-0.39, 0.29) is 0 Å². The van der Waals surface area contributed by atoms with Gasteiger partial charge in [0.15, 0.2) is 0 Å². The minimum atomic E-state index is 0.904. The molecule has 0 unspecified atom stereocenters. The SMILES string of the molecule is CCNc1cnoc1. The minimum absolute atomic E-state index is 0.904. The van der Waals surface area contributed by atoms with Crippen molar-refractivity contribution in [1.82, 2.24) is 5.16 Å². The van der Waals surface area contributed by atoms with Crippen molar-refractivity contribution in [2.45, 2.75) is 6.92 Å². The molecule has 0 aliphatic rings. The van der Waals surface area contributed by atoms with E-state index in [9.17, 15) is 0 Å². The fraction of sp³-hybridized carbons (Fsp3) is 0.400. The van der Waals surface area contributed by atoms with Crippen LogP contribution in [0, 0.1) is 0 Å². The molecule has 3 heteroatoms. The number of nitrogens with zero attached hydrogens (tertiary/aromatic N) is 1. The van der Waals surface area contributed by atoms with Gasteiger partial charge in [-0.3, -0.25) is 0 Å². The quantitative estimate of drug-likeness (QED) is 0.622. The van der Waals surface area contributed by atoms with E-state index < -0.39 is 0 Å². The molecule has 1 aromatic rings. The van der Waals surface area contributed by atoms with Gasteiger partial charge in [0.25, 0.3) is 0 Å². The predicted octanol–water partition coefficient (Wildman–Crippen LogP) is 1.11. The molecule has 3 nitrogen and oxygen atoms in total. The molecular weight excluding hydrogens is 104 g/mol. The first-order chi connectivity index (χ1) is 3.93. The Morgan fingerprint density at radius 1 is 1.88 bits per heavy atom. The number of rotatable bonds is 2. The molecule has 1 heterocycles. The number of hydrogen-bond acceptors (Lipinski definition) is 3. The molecule has 0 saturated heterocycles. The second kappa shape index (κ2) is 2.35. The van der Waals surface area contributed by atoms with Gasteiger partial charge >= 0.3 is 0 Å². The lowest BCUT2D eigenvalue weighted by Crippen LogP contribution is -1.93. The van der Waals surface area contributed by atoms with Gasteiger partial charge in [-0.2, -0.15) is 0 Å². The zero-order valence-corrected chi connectivity index (χ0v) is 4.72. The zero-order valence-electron chi connectivity index (χ0n) is 4.72. The highest BCUT2D eigenvalue weighted by Crippen LogP contribution is 2.00. The van der Waals surface area contributed by atoms with Gasteiger partial charge < -0.3 is 9.84 Å². The van der Waals surface area contributed by atoms with Crippen LogP contribution in [0.3, 0.4) is 0 Å². The lowest BCUT2D eigenvalue weighted by atomic mass is 10.5. The van der Waals surface area contributed by atoms with Gasteiger partial charge in [0.05, 0.1) is 11.9 Å². The summed E-state index contributed by atoms with van der Waals surface area (Å²) in [5.74, 6) is 0. The third-order valence-corrected chi connectivity index (χ3v) is 0.813. The highest BCUT2D eigenvalue weighted by atomic mass is 16.5. The van der Waals surface area contributed by atoms with E-state index in [4.69, 9.17) is 0 Å². The van der Waals surface area contributed by atoms with Crippen LogP contribution in [0.25, 0.3) is 0 Å². The molecule has 0 atom stereocenters. The van der Waals surface area contributed by atoms with Crippen molar-refractivity contribution < 1.29 is 4.52 Å². The van der Waals surface area contributed by atoms with Crippen molar-refractivity contribution in [3.05, 3.63) is 12.5 Å². The Bertz CT molecular complexity index is 136. The summed E-state index contributed by atoms with van der Waals surface area (Å²) in [6.45, 7) is 2.92. The standard InChI is InChI=1S/C5H8N2O/c1-2-6-5-3-7-8-4-5/h3-4,6H,2H2,1H3. The molecule has 0 aromatic carbocycles. The lowest BCUT2D eigenvalue weighted by Gasteiger charge is -1.91. The van der Waals surface area contributed by atoms with Crippen LogP contribution in [0.15, 0.2) is 17.0 Å². The van der Waals surface area contributed by atoms with Crippen LogP contribution in [0.5, 0.6) is 0 Å². The van der Waals surface area contributed by atoms with Crippen LogP contribution in [0.4, 0.5) is 5.69 Å². The van der Waals surface area contributed by atoms with Crippen molar-refractivity contribution in [3.8, 4) is 0 Å². The topological polar surface area (TPSA) is 38.1 Å². The van der Waals surface area contributed by atoms with Crippen LogP contribution in [0.1, 0.15) is 6.92 Å². The summed E-state index contributed by atoms with van der Waals surface area (Å²) < 4.78 is 4.55. The highest BCUT2D eigenvalue weighted by molar-refractivity contribution is 5.35. The second-order valence-corrected chi connectivity index (χ2v) is 1.44. The molecule has 0 bridgehead atoms. The molecule has 44 valence electrons. The molecule has 0 aliphatic heterocycles. The fourth-order valence-electron chi connectivity index (χ4n) is 0.496. The Morgan fingerprint density at radius 2 is 2.75 bits per heavy atom. The first-order valence-electron chi connectivity index (χ1n) is 2.56. The molecule has 0 aliphatic carbocycles. The van der Waals surface area contributed by atoms with E-state index >= 15 is 0 Å². The first kappa shape index (κ1) is 5.15. The van der Waals surface area contributed by atoms with Gasteiger partial charge in [-0.15, -0.1) is 0 Å². The minimum Gasteiger partial charge on any atom is -0.381 e. The Morgan fingerprint density at radius 3 is 3.25 bits per heavy atom. The van der Waals surface area contributed by atoms with Crippen LogP contribution in [-0.4, -0.2) is 11.7 Å². The zero-order chi connectivity index (χ0) is 5.82. The first-order valence-corrected chi connectivity index (χ1v) is 2.56. The molecule has 1 rings (SSSR count). The number of aromatic nitrogens is 1. The van der Waals surface area contributed by atoms with Gasteiger partial charge in [-0.05, 0) is 6.92 Å². The summed E-state index contributed by atoms with van der Waals surface area (Å²) in [5, 5.41) is 6.53. The maximum absolute atomic E-state index is 4.55. The second-order valence-electron chi connectivity index (χ2n) is 1.44. The van der Waals surface area contributed by atoms with Gasteiger partial charge in [0, 0.05) is 6.54 Å². The summed E-state index contributed by atoms with van der Waals surface area (Å²) in [5.41, 5.74) is 0.938. The molecule has 0 saturated carbocycles. The third kappa shape index (κ3) is 0.992. The normalized spacial score (nSPS) is 9.12. The third-order valence-electron chi connectivity index (χ3n) is 0.813. The van der Waals surface area contributed by atoms with Gasteiger partial charge in [0.1, 0.15) is 6.26 Å². The molecule has 0 fully saturated rings. The molecule has 0 amide bonds. The lowest BCUT2D eigenvalue weighted by molar-refractivity contribution is 0.420. The van der Waals surface area contributed by atoms with E-state index in [2.05, 4.69) is 15.0 Å². The summed E-state index contributed by atoms with van der Waals surface area (Å²) in [4.78, 5) is 0. The highest BCUT2D eigenvalue weighted by Gasteiger charge is 1.87. The van der Waals surface area contributed by atoms with Gasteiger partial charge in [-0.1, -0.05) is 5.16 Å². The maximum atomic E-state index is 4.55. The van der Waals surface area contributed by atoms with Crippen LogP contribution < -0.4 is 5.32 Å². The Kier molecular flexibility index (Phi) is 1.51. The summed E-state index contributed by atoms with van der Waals surface area (Å²) in [7, 11) is 0. The van der Waals surface area contributed by atoms with E-state index in [0.29, 0.717) is 0 Å². The van der Waals surface area contributed by atoms with Crippen molar-refractivity contribution in [2.75, 3.05) is 11.9 Å². The predicted molar refractivity (Wildman–Crippen MR) is 30.7 cm³/mol. The number of hydrogen-bond donors (Lipinski definition) is 1. The average Bonchev–Trinajstić information content (AvgIpc) is 2.19. The van der Waals surface area contributed by atoms with E-state index in [1.54, 1.807) is 12.5 Å². The molecular formula is C5H8N2O. The Hall–Kier alpha value is -0.990. The summed E-state index contributed by atoms with van der Waals surface area (Å²) >= 11 is 0. The number of nitrogens with one attached hydrogen (secondary N) is 1. The van der Waals surface area contributed by atoms with Crippen LogP contribution in [-0.2, 0) is 0 Å². The summed E-state index contributed by atoms with van der Waals surface area (Å²) in [6, 6.07) is 0. The molecule has 0 spiro atoms. The molecule has 1 aromatic heterocycles. The van der Waals surface area contributed by atoms with Gasteiger partial charge in [-0.25, -0.2) is 0 Å². The maximum Gasteiger partial charge on any atom is 0.146 e. The van der Waals surface area contributed by atoms with Crippen LogP contribution >= 0.6 is 0 Å².